The zero-order valence-corrected chi connectivity index (χ0v) is 12.7. The predicted molar refractivity (Wildman–Crippen MR) is 90.3 cm³/mol. The molecule has 118 valence electrons. The average molecular weight is 318 g/mol. The number of anilines is 2. The summed E-state index contributed by atoms with van der Waals surface area (Å²) in [7, 11) is 0. The summed E-state index contributed by atoms with van der Waals surface area (Å²) < 4.78 is 1.74. The van der Waals surface area contributed by atoms with E-state index in [4.69, 9.17) is 0 Å². The lowest BCUT2D eigenvalue weighted by Crippen LogP contribution is -2.12. The van der Waals surface area contributed by atoms with E-state index in [1.165, 1.54) is 0 Å². The van der Waals surface area contributed by atoms with Crippen LogP contribution in [0.1, 0.15) is 15.9 Å². The number of nitrogens with one attached hydrogen (secondary N) is 2. The summed E-state index contributed by atoms with van der Waals surface area (Å²) >= 11 is 0. The van der Waals surface area contributed by atoms with E-state index < -0.39 is 0 Å². The van der Waals surface area contributed by atoms with E-state index in [-0.39, 0.29) is 11.8 Å². The summed E-state index contributed by atoms with van der Waals surface area (Å²) in [6, 6.07) is 14.5. The Kier molecular flexibility index (Phi) is 3.35. The van der Waals surface area contributed by atoms with E-state index in [0.29, 0.717) is 23.4 Å². The van der Waals surface area contributed by atoms with Gasteiger partial charge in [-0.2, -0.15) is 5.10 Å². The predicted octanol–water partition coefficient (Wildman–Crippen LogP) is 2.62. The third kappa shape index (κ3) is 2.65. The van der Waals surface area contributed by atoms with Crippen molar-refractivity contribution in [1.82, 2.24) is 9.78 Å². The first-order valence-corrected chi connectivity index (χ1v) is 7.53. The summed E-state index contributed by atoms with van der Waals surface area (Å²) in [5.41, 5.74) is 3.74. The summed E-state index contributed by atoms with van der Waals surface area (Å²) in [5.74, 6) is -0.262. The Hall–Kier alpha value is -3.41. The summed E-state index contributed by atoms with van der Waals surface area (Å²) in [4.78, 5) is 23.8. The van der Waals surface area contributed by atoms with Crippen LogP contribution in [0.25, 0.3) is 5.69 Å². The number of hydrogen-bond acceptors (Lipinski definition) is 3. The molecule has 0 unspecified atom stereocenters. The van der Waals surface area contributed by atoms with E-state index in [2.05, 4.69) is 15.7 Å². The standard InChI is InChI=1S/C18H14N4O2/c23-17-11-12-2-3-13(10-16(12)21-17)18(24)20-14-4-6-15(7-5-14)22-9-1-8-19-22/h1-10H,11H2,(H,20,24)(H,21,23). The van der Waals surface area contributed by atoms with Crippen molar-refractivity contribution in [3.05, 3.63) is 72.1 Å². The Morgan fingerprint density at radius 3 is 2.75 bits per heavy atom. The average Bonchev–Trinajstić information content (AvgIpc) is 3.23. The molecule has 0 saturated carbocycles. The van der Waals surface area contributed by atoms with Gasteiger partial charge in [0.05, 0.1) is 12.1 Å². The van der Waals surface area contributed by atoms with Gasteiger partial charge in [-0.1, -0.05) is 6.07 Å². The van der Waals surface area contributed by atoms with Crippen LogP contribution in [0.2, 0.25) is 0 Å². The quantitative estimate of drug-likeness (QED) is 0.779. The molecule has 6 nitrogen and oxygen atoms in total. The SMILES string of the molecule is O=C1Cc2ccc(C(=O)Nc3ccc(-n4cccn4)cc3)cc2N1. The number of hydrogen-bond donors (Lipinski definition) is 2. The fourth-order valence-corrected chi connectivity index (χ4v) is 2.68. The van der Waals surface area contributed by atoms with Gasteiger partial charge in [-0.25, -0.2) is 4.68 Å². The highest BCUT2D eigenvalue weighted by molar-refractivity contribution is 6.07. The Morgan fingerprint density at radius 1 is 1.17 bits per heavy atom. The van der Waals surface area contributed by atoms with Crippen molar-refractivity contribution in [2.45, 2.75) is 6.42 Å². The van der Waals surface area contributed by atoms with E-state index in [9.17, 15) is 9.59 Å². The normalized spacial score (nSPS) is 12.6. The van der Waals surface area contributed by atoms with Crippen molar-refractivity contribution in [1.29, 1.82) is 0 Å². The fraction of sp³-hybridized carbons (Fsp3) is 0.0556. The molecule has 0 bridgehead atoms. The molecule has 2 heterocycles. The maximum absolute atomic E-state index is 12.4. The smallest absolute Gasteiger partial charge is 0.255 e. The number of benzene rings is 2. The molecular weight excluding hydrogens is 304 g/mol. The van der Waals surface area contributed by atoms with Gasteiger partial charge in [0.1, 0.15) is 0 Å². The molecule has 0 spiro atoms. The minimum Gasteiger partial charge on any atom is -0.326 e. The molecule has 0 saturated heterocycles. The number of carbonyl (C=O) groups is 2. The molecule has 6 heteroatoms. The highest BCUT2D eigenvalue weighted by atomic mass is 16.2. The fourth-order valence-electron chi connectivity index (χ4n) is 2.68. The molecule has 4 rings (SSSR count). The number of carbonyl (C=O) groups excluding carboxylic acids is 2. The van der Waals surface area contributed by atoms with Gasteiger partial charge in [0, 0.05) is 29.3 Å². The molecule has 1 aromatic heterocycles. The highest BCUT2D eigenvalue weighted by Gasteiger charge is 2.19. The third-order valence-corrected chi connectivity index (χ3v) is 3.89. The van der Waals surface area contributed by atoms with Gasteiger partial charge in [-0.3, -0.25) is 9.59 Å². The van der Waals surface area contributed by atoms with Gasteiger partial charge >= 0.3 is 0 Å². The number of amides is 2. The summed E-state index contributed by atoms with van der Waals surface area (Å²) in [5, 5.41) is 9.76. The molecular formula is C18H14N4O2. The van der Waals surface area contributed by atoms with Crippen molar-refractivity contribution in [2.75, 3.05) is 10.6 Å². The van der Waals surface area contributed by atoms with E-state index in [0.717, 1.165) is 11.3 Å². The molecule has 0 atom stereocenters. The molecule has 3 aromatic rings. The molecule has 24 heavy (non-hydrogen) atoms. The molecule has 1 aliphatic heterocycles. The Bertz CT molecular complexity index is 915. The van der Waals surface area contributed by atoms with Crippen LogP contribution in [-0.4, -0.2) is 21.6 Å². The lowest BCUT2D eigenvalue weighted by molar-refractivity contribution is -0.115. The van der Waals surface area contributed by atoms with E-state index >= 15 is 0 Å². The second kappa shape index (κ2) is 5.66. The zero-order valence-electron chi connectivity index (χ0n) is 12.7. The van der Waals surface area contributed by atoms with Crippen molar-refractivity contribution < 1.29 is 9.59 Å². The molecule has 0 aliphatic carbocycles. The molecule has 2 amide bonds. The van der Waals surface area contributed by atoms with Crippen LogP contribution in [0.4, 0.5) is 11.4 Å². The van der Waals surface area contributed by atoms with Crippen molar-refractivity contribution >= 4 is 23.2 Å². The van der Waals surface area contributed by atoms with Crippen LogP contribution in [0.15, 0.2) is 60.9 Å². The number of nitrogens with zero attached hydrogens (tertiary/aromatic N) is 2. The summed E-state index contributed by atoms with van der Waals surface area (Å²) in [6.45, 7) is 0. The maximum Gasteiger partial charge on any atom is 0.255 e. The Morgan fingerprint density at radius 2 is 2.00 bits per heavy atom. The first kappa shape index (κ1) is 14.2. The van der Waals surface area contributed by atoms with Crippen LogP contribution in [0.5, 0.6) is 0 Å². The minimum absolute atomic E-state index is 0.0447. The first-order chi connectivity index (χ1) is 11.7. The second-order valence-electron chi connectivity index (χ2n) is 5.55. The van der Waals surface area contributed by atoms with Crippen molar-refractivity contribution in [3.8, 4) is 5.69 Å². The van der Waals surface area contributed by atoms with Gasteiger partial charge in [0.25, 0.3) is 5.91 Å². The number of aromatic nitrogens is 2. The maximum atomic E-state index is 12.4. The van der Waals surface area contributed by atoms with Crippen LogP contribution in [0.3, 0.4) is 0 Å². The van der Waals surface area contributed by atoms with Gasteiger partial charge in [0.2, 0.25) is 5.91 Å². The molecule has 0 fully saturated rings. The number of rotatable bonds is 3. The minimum atomic E-state index is -0.217. The van der Waals surface area contributed by atoms with Crippen LogP contribution >= 0.6 is 0 Å². The van der Waals surface area contributed by atoms with Crippen molar-refractivity contribution in [3.63, 3.8) is 0 Å². The van der Waals surface area contributed by atoms with Gasteiger partial charge < -0.3 is 10.6 Å². The first-order valence-electron chi connectivity index (χ1n) is 7.53. The molecule has 2 aromatic carbocycles. The number of fused-ring (bicyclic) bond motifs is 1. The van der Waals surface area contributed by atoms with Gasteiger partial charge in [-0.15, -0.1) is 0 Å². The van der Waals surface area contributed by atoms with E-state index in [1.54, 1.807) is 23.0 Å². The van der Waals surface area contributed by atoms with E-state index in [1.807, 2.05) is 42.6 Å². The van der Waals surface area contributed by atoms with Crippen LogP contribution in [-0.2, 0) is 11.2 Å². The van der Waals surface area contributed by atoms with Crippen LogP contribution in [0, 0.1) is 0 Å². The lowest BCUT2D eigenvalue weighted by Gasteiger charge is -2.08. The third-order valence-electron chi connectivity index (χ3n) is 3.89. The summed E-state index contributed by atoms with van der Waals surface area (Å²) in [6.07, 6.45) is 3.93. The van der Waals surface area contributed by atoms with Gasteiger partial charge in [0.15, 0.2) is 0 Å². The molecule has 0 radical (unpaired) electrons. The Labute approximate surface area is 138 Å². The van der Waals surface area contributed by atoms with Crippen LogP contribution < -0.4 is 10.6 Å². The monoisotopic (exact) mass is 318 g/mol. The van der Waals surface area contributed by atoms with Crippen molar-refractivity contribution in [2.24, 2.45) is 0 Å². The topological polar surface area (TPSA) is 76.0 Å². The highest BCUT2D eigenvalue weighted by Crippen LogP contribution is 2.24. The molecule has 1 aliphatic rings. The second-order valence-corrected chi connectivity index (χ2v) is 5.55. The van der Waals surface area contributed by atoms with Gasteiger partial charge in [-0.05, 0) is 48.0 Å². The molecule has 2 N–H and O–H groups in total. The Balaban J connectivity index is 1.50. The largest absolute Gasteiger partial charge is 0.326 e. The lowest BCUT2D eigenvalue weighted by atomic mass is 10.1. The zero-order chi connectivity index (χ0) is 16.5.